The zero-order chi connectivity index (χ0) is 22.9. The number of carbonyl (C=O) groups excluding carboxylic acids is 1. The van der Waals surface area contributed by atoms with Gasteiger partial charge in [0.2, 0.25) is 11.5 Å². The predicted octanol–water partition coefficient (Wildman–Crippen LogP) is 5.91. The van der Waals surface area contributed by atoms with Gasteiger partial charge in [-0.25, -0.2) is 0 Å². The van der Waals surface area contributed by atoms with Crippen LogP contribution in [-0.2, 0) is 0 Å². The average Bonchev–Trinajstić information content (AvgIpc) is 3.23. The molecule has 0 saturated heterocycles. The average molecular weight is 475 g/mol. The lowest BCUT2D eigenvalue weighted by Crippen LogP contribution is -2.44. The first-order valence-electron chi connectivity index (χ1n) is 10.3. The predicted molar refractivity (Wildman–Crippen MR) is 134 cm³/mol. The molecule has 4 aromatic rings. The van der Waals surface area contributed by atoms with E-state index >= 15 is 0 Å². The van der Waals surface area contributed by atoms with Gasteiger partial charge in [0.15, 0.2) is 10.9 Å². The number of benzene rings is 3. The zero-order valence-corrected chi connectivity index (χ0v) is 19.2. The molecule has 1 aliphatic heterocycles. The van der Waals surface area contributed by atoms with Gasteiger partial charge in [-0.15, -0.1) is 0 Å². The summed E-state index contributed by atoms with van der Waals surface area (Å²) in [7, 11) is 1.53. The highest BCUT2D eigenvalue weighted by atomic mass is 35.5. The second kappa shape index (κ2) is 8.73. The van der Waals surface area contributed by atoms with Gasteiger partial charge in [-0.3, -0.25) is 4.79 Å². The second-order valence-corrected chi connectivity index (χ2v) is 8.37. The number of ketones is 1. The summed E-state index contributed by atoms with van der Waals surface area (Å²) >= 11 is 11.6. The van der Waals surface area contributed by atoms with Gasteiger partial charge in [-0.05, 0) is 47.6 Å². The highest BCUT2D eigenvalue weighted by Crippen LogP contribution is 2.39. The molecule has 33 heavy (non-hydrogen) atoms. The molecule has 1 unspecified atom stereocenters. The van der Waals surface area contributed by atoms with E-state index in [1.165, 1.54) is 7.11 Å². The first kappa shape index (κ1) is 21.2. The third-order valence-electron chi connectivity index (χ3n) is 5.54. The van der Waals surface area contributed by atoms with E-state index in [-0.39, 0.29) is 11.5 Å². The third-order valence-corrected chi connectivity index (χ3v) is 6.01. The molecule has 5 nitrogen and oxygen atoms in total. The van der Waals surface area contributed by atoms with Crippen LogP contribution in [0.15, 0.2) is 88.9 Å². The van der Waals surface area contributed by atoms with E-state index in [1.54, 1.807) is 12.1 Å². The molecule has 2 N–H and O–H groups in total. The molecule has 3 aromatic carbocycles. The van der Waals surface area contributed by atoms with Gasteiger partial charge in [-0.2, -0.15) is 0 Å². The lowest BCUT2D eigenvalue weighted by atomic mass is 9.89. The Hall–Kier alpha value is -3.61. The van der Waals surface area contributed by atoms with E-state index in [1.807, 2.05) is 66.7 Å². The van der Waals surface area contributed by atoms with Crippen LogP contribution in [0.1, 0.15) is 27.7 Å². The number of furan rings is 1. The Morgan fingerprint density at radius 2 is 1.70 bits per heavy atom. The molecule has 0 radical (unpaired) electrons. The molecule has 0 aliphatic carbocycles. The number of carbonyl (C=O) groups is 1. The molecular weight excluding hydrogens is 456 g/mol. The van der Waals surface area contributed by atoms with Crippen LogP contribution in [0.25, 0.3) is 16.7 Å². The summed E-state index contributed by atoms with van der Waals surface area (Å²) < 4.78 is 11.6. The maximum absolute atomic E-state index is 14.1. The quantitative estimate of drug-likeness (QED) is 0.277. The van der Waals surface area contributed by atoms with Gasteiger partial charge in [0, 0.05) is 5.02 Å². The van der Waals surface area contributed by atoms with E-state index in [2.05, 4.69) is 10.6 Å². The lowest BCUT2D eigenvalue weighted by Gasteiger charge is -2.31. The summed E-state index contributed by atoms with van der Waals surface area (Å²) in [5.74, 6) is 0.236. The number of methoxy groups -OCH3 is 1. The number of thiocarbonyl (C=S) groups is 1. The highest BCUT2D eigenvalue weighted by molar-refractivity contribution is 7.80. The monoisotopic (exact) mass is 474 g/mol. The minimum atomic E-state index is -0.517. The van der Waals surface area contributed by atoms with Crippen molar-refractivity contribution in [3.05, 3.63) is 106 Å². The third kappa shape index (κ3) is 3.88. The van der Waals surface area contributed by atoms with Crippen LogP contribution in [0.5, 0.6) is 5.75 Å². The molecule has 7 heteroatoms. The fraction of sp³-hybridized carbons (Fsp3) is 0.0769. The van der Waals surface area contributed by atoms with Gasteiger partial charge in [0.25, 0.3) is 0 Å². The first-order chi connectivity index (χ1) is 16.1. The van der Waals surface area contributed by atoms with Crippen molar-refractivity contribution in [1.29, 1.82) is 0 Å². The second-order valence-electron chi connectivity index (χ2n) is 7.53. The van der Waals surface area contributed by atoms with Crippen molar-refractivity contribution in [2.24, 2.45) is 0 Å². The first-order valence-corrected chi connectivity index (χ1v) is 11.1. The Kier molecular flexibility index (Phi) is 5.62. The van der Waals surface area contributed by atoms with Crippen LogP contribution in [0, 0.1) is 0 Å². The van der Waals surface area contributed by atoms with Gasteiger partial charge in [-0.1, -0.05) is 66.2 Å². The summed E-state index contributed by atoms with van der Waals surface area (Å²) in [6.45, 7) is 0. The van der Waals surface area contributed by atoms with Gasteiger partial charge < -0.3 is 19.8 Å². The summed E-state index contributed by atoms with van der Waals surface area (Å²) in [5, 5.41) is 8.19. The minimum Gasteiger partial charge on any atom is -0.492 e. The van der Waals surface area contributed by atoms with E-state index in [4.69, 9.17) is 33.0 Å². The number of fused-ring (bicyclic) bond motifs is 1. The summed E-state index contributed by atoms with van der Waals surface area (Å²) in [6, 6.07) is 23.8. The number of hydrogen-bond donors (Lipinski definition) is 2. The maximum atomic E-state index is 14.1. The summed E-state index contributed by atoms with van der Waals surface area (Å²) in [4.78, 5) is 14.1. The lowest BCUT2D eigenvalue weighted by molar-refractivity contribution is 0.0995. The molecule has 2 heterocycles. The maximum Gasteiger partial charge on any atom is 0.232 e. The number of hydrogen-bond acceptors (Lipinski definition) is 4. The fourth-order valence-corrected chi connectivity index (χ4v) is 4.39. The number of halogens is 1. The summed E-state index contributed by atoms with van der Waals surface area (Å²) in [6.07, 6.45) is 0. The fourth-order valence-electron chi connectivity index (χ4n) is 4.04. The van der Waals surface area contributed by atoms with Crippen LogP contribution in [0.3, 0.4) is 0 Å². The normalized spacial score (nSPS) is 15.8. The number of rotatable bonds is 5. The standard InChI is InChI=1S/C26H19ClN2O3S/c1-31-24-18-9-5-6-10-19(18)32-25(24)23(30)20-21(15-7-3-2-4-8-15)28-26(33)29-22(20)16-11-13-17(27)14-12-16/h2-14,22H,1H3,(H2,28,29,33). The SMILES string of the molecule is COc1c(C(=O)C2=C(c3ccccc3)NC(=S)NC2c2ccc(Cl)cc2)oc2ccccc12. The van der Waals surface area contributed by atoms with Crippen molar-refractivity contribution in [3.63, 3.8) is 0 Å². The molecule has 5 rings (SSSR count). The molecule has 164 valence electrons. The molecule has 0 amide bonds. The van der Waals surface area contributed by atoms with Crippen molar-refractivity contribution in [1.82, 2.24) is 10.6 Å². The molecule has 0 fully saturated rings. The number of nitrogens with one attached hydrogen (secondary N) is 2. The Bertz CT molecular complexity index is 1390. The van der Waals surface area contributed by atoms with Gasteiger partial charge >= 0.3 is 0 Å². The molecule has 1 atom stereocenters. The van der Waals surface area contributed by atoms with Gasteiger partial charge in [0.05, 0.1) is 29.8 Å². The number of para-hydroxylation sites is 1. The molecular formula is C26H19ClN2O3S. The topological polar surface area (TPSA) is 63.5 Å². The molecule has 1 aliphatic rings. The van der Waals surface area contributed by atoms with Crippen LogP contribution in [-0.4, -0.2) is 18.0 Å². The molecule has 0 spiro atoms. The van der Waals surface area contributed by atoms with Crippen molar-refractivity contribution in [2.45, 2.75) is 6.04 Å². The van der Waals surface area contributed by atoms with Crippen LogP contribution >= 0.6 is 23.8 Å². The Morgan fingerprint density at radius 1 is 1.00 bits per heavy atom. The zero-order valence-electron chi connectivity index (χ0n) is 17.6. The van der Waals surface area contributed by atoms with Crippen molar-refractivity contribution in [2.75, 3.05) is 7.11 Å². The van der Waals surface area contributed by atoms with Crippen LogP contribution < -0.4 is 15.4 Å². The van der Waals surface area contributed by atoms with E-state index < -0.39 is 6.04 Å². The minimum absolute atomic E-state index is 0.137. The van der Waals surface area contributed by atoms with Crippen LogP contribution in [0.4, 0.5) is 0 Å². The van der Waals surface area contributed by atoms with E-state index in [9.17, 15) is 4.79 Å². The van der Waals surface area contributed by atoms with Crippen molar-refractivity contribution in [3.8, 4) is 5.75 Å². The van der Waals surface area contributed by atoms with Gasteiger partial charge in [0.1, 0.15) is 5.58 Å². The van der Waals surface area contributed by atoms with Crippen molar-refractivity contribution >= 4 is 51.4 Å². The Balaban J connectivity index is 1.75. The number of Topliss-reactive ketones (excluding diaryl/α,β-unsaturated/α-hetero) is 1. The molecule has 0 bridgehead atoms. The summed E-state index contributed by atoms with van der Waals surface area (Å²) in [5.41, 5.74) is 3.34. The smallest absolute Gasteiger partial charge is 0.232 e. The Labute approximate surface area is 201 Å². The highest BCUT2D eigenvalue weighted by Gasteiger charge is 2.36. The number of ether oxygens (including phenoxy) is 1. The van der Waals surface area contributed by atoms with E-state index in [0.717, 1.165) is 16.5 Å². The van der Waals surface area contributed by atoms with Crippen molar-refractivity contribution < 1.29 is 13.9 Å². The van der Waals surface area contributed by atoms with E-state index in [0.29, 0.717) is 32.7 Å². The Morgan fingerprint density at radius 3 is 2.42 bits per heavy atom. The largest absolute Gasteiger partial charge is 0.492 e. The molecule has 0 saturated carbocycles. The van der Waals surface area contributed by atoms with Crippen LogP contribution in [0.2, 0.25) is 5.02 Å². The molecule has 1 aromatic heterocycles.